The van der Waals surface area contributed by atoms with Gasteiger partial charge >= 0.3 is 0 Å². The van der Waals surface area contributed by atoms with Gasteiger partial charge in [-0.25, -0.2) is 8.42 Å². The first-order chi connectivity index (χ1) is 15.8. The van der Waals surface area contributed by atoms with E-state index in [2.05, 4.69) is 10.5 Å². The van der Waals surface area contributed by atoms with E-state index in [4.69, 9.17) is 4.52 Å². The SMILES string of the molecule is Cc1ccc(CNC(=O)C2CCN(S(=O)(=O)c3c(C)noc3/C=C/c3cccs3)CC2)cc1. The van der Waals surface area contributed by atoms with Crippen LogP contribution in [-0.2, 0) is 21.4 Å². The molecular weight excluding hydrogens is 458 g/mol. The van der Waals surface area contributed by atoms with Gasteiger partial charge in [-0.15, -0.1) is 11.3 Å². The molecule has 0 aliphatic carbocycles. The number of nitrogens with zero attached hydrogens (tertiary/aromatic N) is 2. The van der Waals surface area contributed by atoms with Crippen molar-refractivity contribution in [2.45, 2.75) is 38.1 Å². The van der Waals surface area contributed by atoms with Gasteiger partial charge in [0, 0.05) is 30.4 Å². The van der Waals surface area contributed by atoms with Crippen LogP contribution in [0.4, 0.5) is 0 Å². The van der Waals surface area contributed by atoms with E-state index in [1.807, 2.05) is 54.8 Å². The predicted molar refractivity (Wildman–Crippen MR) is 129 cm³/mol. The number of aryl methyl sites for hydroxylation is 2. The Morgan fingerprint density at radius 1 is 1.18 bits per heavy atom. The summed E-state index contributed by atoms with van der Waals surface area (Å²) in [7, 11) is -3.78. The first kappa shape index (κ1) is 23.4. The molecule has 174 valence electrons. The number of amides is 1. The van der Waals surface area contributed by atoms with Crippen LogP contribution in [0.3, 0.4) is 0 Å². The van der Waals surface area contributed by atoms with Crippen LogP contribution in [-0.4, -0.2) is 36.9 Å². The van der Waals surface area contributed by atoms with Crippen molar-refractivity contribution in [2.24, 2.45) is 5.92 Å². The van der Waals surface area contributed by atoms with Crippen molar-refractivity contribution in [3.8, 4) is 0 Å². The summed E-state index contributed by atoms with van der Waals surface area (Å²) in [5, 5.41) is 8.81. The summed E-state index contributed by atoms with van der Waals surface area (Å²) >= 11 is 1.55. The number of benzene rings is 1. The van der Waals surface area contributed by atoms with Crippen molar-refractivity contribution in [1.29, 1.82) is 0 Å². The quantitative estimate of drug-likeness (QED) is 0.540. The summed E-state index contributed by atoms with van der Waals surface area (Å²) in [6, 6.07) is 11.9. The standard InChI is InChI=1S/C24H27N3O4S2/c1-17-5-7-19(8-6-17)16-25-24(28)20-11-13-27(14-12-20)33(29,30)23-18(2)26-31-22(23)10-9-21-4-3-15-32-21/h3-10,15,20H,11-14,16H2,1-2H3,(H,25,28)/b10-9+. The minimum Gasteiger partial charge on any atom is -0.355 e. The number of hydrogen-bond donors (Lipinski definition) is 1. The fraction of sp³-hybridized carbons (Fsp3) is 0.333. The zero-order chi connectivity index (χ0) is 23.4. The number of nitrogens with one attached hydrogen (secondary N) is 1. The smallest absolute Gasteiger partial charge is 0.248 e. The Balaban J connectivity index is 1.38. The molecule has 4 rings (SSSR count). The number of thiophene rings is 1. The Hall–Kier alpha value is -2.75. The molecule has 3 heterocycles. The van der Waals surface area contributed by atoms with Gasteiger partial charge < -0.3 is 9.84 Å². The molecule has 1 aliphatic rings. The number of hydrogen-bond acceptors (Lipinski definition) is 6. The number of piperidine rings is 1. The largest absolute Gasteiger partial charge is 0.355 e. The lowest BCUT2D eigenvalue weighted by Gasteiger charge is -2.30. The van der Waals surface area contributed by atoms with Crippen LogP contribution in [0.25, 0.3) is 12.2 Å². The van der Waals surface area contributed by atoms with Crippen LogP contribution in [0.2, 0.25) is 0 Å². The van der Waals surface area contributed by atoms with Gasteiger partial charge in [0.25, 0.3) is 0 Å². The van der Waals surface area contributed by atoms with Gasteiger partial charge in [0.2, 0.25) is 15.9 Å². The van der Waals surface area contributed by atoms with Gasteiger partial charge in [0.1, 0.15) is 5.69 Å². The zero-order valence-electron chi connectivity index (χ0n) is 18.7. The maximum Gasteiger partial charge on any atom is 0.248 e. The summed E-state index contributed by atoms with van der Waals surface area (Å²) in [5.74, 6) is -0.0177. The monoisotopic (exact) mass is 485 g/mol. The summed E-state index contributed by atoms with van der Waals surface area (Å²) in [4.78, 5) is 13.7. The van der Waals surface area contributed by atoms with Crippen molar-refractivity contribution >= 4 is 39.4 Å². The first-order valence-corrected chi connectivity index (χ1v) is 13.2. The highest BCUT2D eigenvalue weighted by Crippen LogP contribution is 2.29. The van der Waals surface area contributed by atoms with E-state index in [1.165, 1.54) is 9.87 Å². The molecule has 0 atom stereocenters. The molecule has 1 N–H and O–H groups in total. The van der Waals surface area contributed by atoms with Crippen LogP contribution in [0, 0.1) is 19.8 Å². The van der Waals surface area contributed by atoms with Crippen LogP contribution in [0.5, 0.6) is 0 Å². The number of carbonyl (C=O) groups excluding carboxylic acids is 1. The summed E-state index contributed by atoms with van der Waals surface area (Å²) in [6.45, 7) is 4.68. The average molecular weight is 486 g/mol. The second-order valence-corrected chi connectivity index (χ2v) is 11.0. The highest BCUT2D eigenvalue weighted by atomic mass is 32.2. The van der Waals surface area contributed by atoms with Gasteiger partial charge in [-0.1, -0.05) is 41.1 Å². The van der Waals surface area contributed by atoms with Crippen LogP contribution >= 0.6 is 11.3 Å². The summed E-state index contributed by atoms with van der Waals surface area (Å²) in [6.07, 6.45) is 4.41. The van der Waals surface area contributed by atoms with Gasteiger partial charge in [-0.05, 0) is 55.9 Å². The van der Waals surface area contributed by atoms with Crippen LogP contribution in [0.15, 0.2) is 51.2 Å². The lowest BCUT2D eigenvalue weighted by molar-refractivity contribution is -0.126. The average Bonchev–Trinajstić information content (AvgIpc) is 3.47. The molecule has 0 spiro atoms. The van der Waals surface area contributed by atoms with E-state index in [9.17, 15) is 13.2 Å². The maximum atomic E-state index is 13.4. The van der Waals surface area contributed by atoms with Crippen molar-refractivity contribution in [1.82, 2.24) is 14.8 Å². The van der Waals surface area contributed by atoms with Gasteiger partial charge in [0.05, 0.1) is 0 Å². The molecule has 9 heteroatoms. The normalized spacial score (nSPS) is 15.8. The fourth-order valence-electron chi connectivity index (χ4n) is 3.87. The molecule has 0 radical (unpaired) electrons. The Morgan fingerprint density at radius 3 is 2.58 bits per heavy atom. The van der Waals surface area contributed by atoms with Gasteiger partial charge in [-0.3, -0.25) is 4.79 Å². The number of aromatic nitrogens is 1. The molecule has 0 saturated carbocycles. The van der Waals surface area contributed by atoms with E-state index in [0.29, 0.717) is 25.1 Å². The minimum atomic E-state index is -3.78. The lowest BCUT2D eigenvalue weighted by atomic mass is 9.97. The highest BCUT2D eigenvalue weighted by Gasteiger charge is 2.35. The molecule has 1 amide bonds. The summed E-state index contributed by atoms with van der Waals surface area (Å²) < 4.78 is 33.5. The molecule has 1 saturated heterocycles. The van der Waals surface area contributed by atoms with Crippen molar-refractivity contribution in [3.63, 3.8) is 0 Å². The molecule has 1 aromatic carbocycles. The Bertz CT molecular complexity index is 1220. The molecule has 1 fully saturated rings. The lowest BCUT2D eigenvalue weighted by Crippen LogP contribution is -2.43. The molecule has 33 heavy (non-hydrogen) atoms. The van der Waals surface area contributed by atoms with Gasteiger partial charge in [-0.2, -0.15) is 4.31 Å². The molecule has 0 bridgehead atoms. The zero-order valence-corrected chi connectivity index (χ0v) is 20.3. The Labute approximate surface area is 198 Å². The van der Waals surface area contributed by atoms with Crippen molar-refractivity contribution in [2.75, 3.05) is 13.1 Å². The topological polar surface area (TPSA) is 92.5 Å². The molecule has 1 aliphatic heterocycles. The number of carbonyl (C=O) groups is 1. The molecular formula is C24H27N3O4S2. The molecule has 7 nitrogen and oxygen atoms in total. The van der Waals surface area contributed by atoms with E-state index < -0.39 is 10.0 Å². The Kier molecular flexibility index (Phi) is 7.11. The third-order valence-electron chi connectivity index (χ3n) is 5.79. The fourth-order valence-corrected chi connectivity index (χ4v) is 6.21. The Morgan fingerprint density at radius 2 is 1.91 bits per heavy atom. The van der Waals surface area contributed by atoms with E-state index in [-0.39, 0.29) is 35.6 Å². The number of rotatable bonds is 7. The third-order valence-corrected chi connectivity index (χ3v) is 8.68. The van der Waals surface area contributed by atoms with Crippen LogP contribution in [0.1, 0.15) is 40.3 Å². The predicted octanol–water partition coefficient (Wildman–Crippen LogP) is 4.24. The first-order valence-electron chi connectivity index (χ1n) is 10.9. The van der Waals surface area contributed by atoms with Crippen molar-refractivity contribution < 1.29 is 17.7 Å². The minimum absolute atomic E-state index is 0.0339. The summed E-state index contributed by atoms with van der Waals surface area (Å²) in [5.41, 5.74) is 2.55. The molecule has 3 aromatic rings. The second-order valence-electron chi connectivity index (χ2n) is 8.19. The van der Waals surface area contributed by atoms with E-state index >= 15 is 0 Å². The number of sulfonamides is 1. The van der Waals surface area contributed by atoms with Crippen LogP contribution < -0.4 is 5.32 Å². The van der Waals surface area contributed by atoms with Crippen molar-refractivity contribution in [3.05, 3.63) is 69.2 Å². The van der Waals surface area contributed by atoms with E-state index in [1.54, 1.807) is 24.3 Å². The third kappa shape index (κ3) is 5.43. The highest BCUT2D eigenvalue weighted by molar-refractivity contribution is 7.89. The maximum absolute atomic E-state index is 13.4. The van der Waals surface area contributed by atoms with E-state index in [0.717, 1.165) is 10.4 Å². The molecule has 0 unspecified atom stereocenters. The molecule has 2 aromatic heterocycles. The second kappa shape index (κ2) is 10.0. The van der Waals surface area contributed by atoms with Gasteiger partial charge in [0.15, 0.2) is 10.7 Å².